The van der Waals surface area contributed by atoms with Crippen molar-refractivity contribution < 1.29 is 22.4 Å². The highest BCUT2D eigenvalue weighted by Crippen LogP contribution is 2.27. The van der Waals surface area contributed by atoms with Crippen LogP contribution in [0.3, 0.4) is 0 Å². The van der Waals surface area contributed by atoms with Gasteiger partial charge in [-0.3, -0.25) is 4.79 Å². The Morgan fingerprint density at radius 1 is 0.756 bits per heavy atom. The van der Waals surface area contributed by atoms with Crippen LogP contribution in [0, 0.1) is 5.82 Å². The number of alkyl halides is 3. The standard InChI is InChI=1S/C32H38F4N2OS2/c33-26-15-13-25(14-16-26)30(37)31(39)38(27-17-18-28(40)29(41)22-27)21-19-24-11-9-23(10-12-24)8-6-4-2-1-3-5-7-20-32(34,35)36/h9-18,22,30,40-41H,1-8,19-21,37H2/t30-/m0/s1. The van der Waals surface area contributed by atoms with Crippen molar-refractivity contribution in [3.05, 3.63) is 89.2 Å². The molecule has 2 N–H and O–H groups in total. The smallest absolute Gasteiger partial charge is 0.316 e. The van der Waals surface area contributed by atoms with Gasteiger partial charge in [-0.05, 0) is 72.7 Å². The lowest BCUT2D eigenvalue weighted by Gasteiger charge is -2.27. The monoisotopic (exact) mass is 606 g/mol. The van der Waals surface area contributed by atoms with E-state index < -0.39 is 24.5 Å². The number of unbranched alkanes of at least 4 members (excludes halogenated alkanes) is 6. The average Bonchev–Trinajstić information content (AvgIpc) is 2.94. The predicted molar refractivity (Wildman–Crippen MR) is 163 cm³/mol. The van der Waals surface area contributed by atoms with Crippen molar-refractivity contribution in [2.45, 2.75) is 86.2 Å². The maximum Gasteiger partial charge on any atom is 0.389 e. The molecule has 3 aromatic carbocycles. The van der Waals surface area contributed by atoms with Gasteiger partial charge in [-0.2, -0.15) is 13.2 Å². The highest BCUT2D eigenvalue weighted by Gasteiger charge is 2.26. The van der Waals surface area contributed by atoms with Crippen molar-refractivity contribution in [3.8, 4) is 0 Å². The Balaban J connectivity index is 1.51. The molecule has 0 fully saturated rings. The number of thiol groups is 2. The second kappa shape index (κ2) is 16.2. The third kappa shape index (κ3) is 11.4. The highest BCUT2D eigenvalue weighted by molar-refractivity contribution is 7.83. The Morgan fingerprint density at radius 2 is 1.32 bits per heavy atom. The lowest BCUT2D eigenvalue weighted by Crippen LogP contribution is -2.40. The first-order chi connectivity index (χ1) is 19.5. The number of nitrogens with two attached hydrogens (primary N) is 1. The Bertz CT molecular complexity index is 1230. The van der Waals surface area contributed by atoms with Gasteiger partial charge in [-0.15, -0.1) is 25.3 Å². The molecule has 0 aliphatic rings. The number of halogens is 4. The first-order valence-electron chi connectivity index (χ1n) is 14.0. The van der Waals surface area contributed by atoms with E-state index in [-0.39, 0.29) is 12.3 Å². The fourth-order valence-corrected chi connectivity index (χ4v) is 5.02. The number of carbonyl (C=O) groups is 1. The topological polar surface area (TPSA) is 46.3 Å². The molecule has 222 valence electrons. The summed E-state index contributed by atoms with van der Waals surface area (Å²) in [5.74, 6) is -0.690. The normalized spacial score (nSPS) is 12.4. The van der Waals surface area contributed by atoms with Crippen LogP contribution >= 0.6 is 25.3 Å². The lowest BCUT2D eigenvalue weighted by atomic mass is 10.0. The second-order valence-electron chi connectivity index (χ2n) is 10.3. The van der Waals surface area contributed by atoms with E-state index in [9.17, 15) is 22.4 Å². The Hall–Kier alpha value is -2.49. The van der Waals surface area contributed by atoms with Crippen LogP contribution in [0.15, 0.2) is 76.5 Å². The van der Waals surface area contributed by atoms with E-state index in [0.29, 0.717) is 40.4 Å². The van der Waals surface area contributed by atoms with Gasteiger partial charge in [0, 0.05) is 28.4 Å². The molecule has 0 saturated carbocycles. The van der Waals surface area contributed by atoms with Crippen LogP contribution in [0.2, 0.25) is 0 Å². The van der Waals surface area contributed by atoms with Crippen LogP contribution < -0.4 is 10.6 Å². The van der Waals surface area contributed by atoms with E-state index in [1.807, 2.05) is 6.07 Å². The van der Waals surface area contributed by atoms with Crippen LogP contribution in [-0.2, 0) is 17.6 Å². The van der Waals surface area contributed by atoms with Crippen molar-refractivity contribution >= 4 is 36.9 Å². The second-order valence-corrected chi connectivity index (χ2v) is 11.3. The molecule has 1 amide bonds. The largest absolute Gasteiger partial charge is 0.389 e. The van der Waals surface area contributed by atoms with Crippen molar-refractivity contribution in [2.24, 2.45) is 5.73 Å². The molecule has 0 saturated heterocycles. The van der Waals surface area contributed by atoms with E-state index in [1.165, 1.54) is 29.8 Å². The van der Waals surface area contributed by atoms with Crippen molar-refractivity contribution in [1.29, 1.82) is 0 Å². The number of rotatable bonds is 15. The van der Waals surface area contributed by atoms with Gasteiger partial charge in [0.15, 0.2) is 0 Å². The SMILES string of the molecule is N[C@H](C(=O)N(CCc1ccc(CCCCCCCCCC(F)(F)F)cc1)c1ccc(S)c(S)c1)c1ccc(F)cc1. The summed E-state index contributed by atoms with van der Waals surface area (Å²) in [6, 6.07) is 18.4. The Morgan fingerprint density at radius 3 is 1.90 bits per heavy atom. The van der Waals surface area contributed by atoms with Crippen LogP contribution in [0.4, 0.5) is 23.2 Å². The minimum absolute atomic E-state index is 0.223. The number of benzene rings is 3. The molecule has 0 spiro atoms. The van der Waals surface area contributed by atoms with Gasteiger partial charge in [-0.1, -0.05) is 68.5 Å². The van der Waals surface area contributed by atoms with Crippen molar-refractivity contribution in [2.75, 3.05) is 11.4 Å². The molecule has 0 unspecified atom stereocenters. The molecule has 0 aromatic heterocycles. The number of amides is 1. The van der Waals surface area contributed by atoms with Crippen LogP contribution in [0.25, 0.3) is 0 Å². The summed E-state index contributed by atoms with van der Waals surface area (Å²) in [5, 5.41) is 0. The third-order valence-electron chi connectivity index (χ3n) is 7.10. The van der Waals surface area contributed by atoms with E-state index in [1.54, 1.807) is 17.0 Å². The van der Waals surface area contributed by atoms with Gasteiger partial charge in [0.2, 0.25) is 5.91 Å². The third-order valence-corrected chi connectivity index (χ3v) is 8.04. The number of carbonyl (C=O) groups excluding carboxylic acids is 1. The summed E-state index contributed by atoms with van der Waals surface area (Å²) in [6.45, 7) is 0.398. The molecule has 3 rings (SSSR count). The molecule has 0 heterocycles. The summed E-state index contributed by atoms with van der Waals surface area (Å²) >= 11 is 8.84. The molecule has 41 heavy (non-hydrogen) atoms. The molecule has 0 aliphatic carbocycles. The zero-order valence-corrected chi connectivity index (χ0v) is 24.8. The summed E-state index contributed by atoms with van der Waals surface area (Å²) in [4.78, 5) is 16.5. The Kier molecular flexibility index (Phi) is 13.1. The Labute approximate surface area is 251 Å². The molecule has 0 radical (unpaired) electrons. The fraction of sp³-hybridized carbons (Fsp3) is 0.406. The van der Waals surface area contributed by atoms with Crippen LogP contribution in [0.5, 0.6) is 0 Å². The van der Waals surface area contributed by atoms with E-state index in [0.717, 1.165) is 44.1 Å². The quantitative estimate of drug-likeness (QED) is 0.0919. The summed E-state index contributed by atoms with van der Waals surface area (Å²) < 4.78 is 50.0. The first kappa shape index (κ1) is 33.0. The maximum absolute atomic E-state index is 13.5. The van der Waals surface area contributed by atoms with E-state index in [2.05, 4.69) is 49.5 Å². The van der Waals surface area contributed by atoms with E-state index >= 15 is 0 Å². The minimum atomic E-state index is -4.04. The highest BCUT2D eigenvalue weighted by atomic mass is 32.1. The molecule has 9 heteroatoms. The molecular formula is C32H38F4N2OS2. The number of hydrogen-bond acceptors (Lipinski definition) is 4. The molecule has 1 atom stereocenters. The van der Waals surface area contributed by atoms with Gasteiger partial charge in [0.25, 0.3) is 0 Å². The molecule has 3 nitrogen and oxygen atoms in total. The minimum Gasteiger partial charge on any atom is -0.316 e. The fourth-order valence-electron chi connectivity index (χ4n) is 4.68. The van der Waals surface area contributed by atoms with E-state index in [4.69, 9.17) is 5.73 Å². The summed E-state index contributed by atoms with van der Waals surface area (Å²) in [6.07, 6.45) is 2.67. The zero-order chi connectivity index (χ0) is 29.8. The predicted octanol–water partition coefficient (Wildman–Crippen LogP) is 8.90. The average molecular weight is 607 g/mol. The van der Waals surface area contributed by atoms with Gasteiger partial charge in [0.1, 0.15) is 11.9 Å². The zero-order valence-electron chi connectivity index (χ0n) is 23.0. The summed E-state index contributed by atoms with van der Waals surface area (Å²) in [7, 11) is 0. The van der Waals surface area contributed by atoms with Gasteiger partial charge < -0.3 is 10.6 Å². The summed E-state index contributed by atoms with van der Waals surface area (Å²) in [5.41, 5.74) is 9.81. The van der Waals surface area contributed by atoms with Gasteiger partial charge in [0.05, 0.1) is 0 Å². The van der Waals surface area contributed by atoms with Crippen LogP contribution in [0.1, 0.15) is 74.1 Å². The number of hydrogen-bond donors (Lipinski definition) is 3. The first-order valence-corrected chi connectivity index (χ1v) is 14.9. The number of nitrogens with zero attached hydrogens (tertiary/aromatic N) is 1. The van der Waals surface area contributed by atoms with Gasteiger partial charge in [-0.25, -0.2) is 4.39 Å². The van der Waals surface area contributed by atoms with Crippen LogP contribution in [-0.4, -0.2) is 18.6 Å². The van der Waals surface area contributed by atoms with Crippen molar-refractivity contribution in [3.63, 3.8) is 0 Å². The number of aryl methyl sites for hydroxylation is 1. The van der Waals surface area contributed by atoms with Crippen molar-refractivity contribution in [1.82, 2.24) is 0 Å². The molecule has 0 bridgehead atoms. The molecule has 3 aromatic rings. The number of anilines is 1. The molecule has 0 aliphatic heterocycles. The maximum atomic E-state index is 13.5. The lowest BCUT2D eigenvalue weighted by molar-refractivity contribution is -0.135. The molecular weight excluding hydrogens is 568 g/mol. The van der Waals surface area contributed by atoms with Gasteiger partial charge >= 0.3 is 6.18 Å².